The maximum Gasteiger partial charge on any atom is 0.472 e. The first-order chi connectivity index (χ1) is 34.5. The lowest BCUT2D eigenvalue weighted by molar-refractivity contribution is -0.870. The molecule has 0 aliphatic carbocycles. The molecule has 414 valence electrons. The Hall–Kier alpha value is -2.06. The summed E-state index contributed by atoms with van der Waals surface area (Å²) in [7, 11) is 1.55. The summed E-state index contributed by atoms with van der Waals surface area (Å²) in [4.78, 5) is 23.3. The third-order valence-corrected chi connectivity index (χ3v) is 14.2. The summed E-state index contributed by atoms with van der Waals surface area (Å²) in [6.07, 6.45) is 73.0. The van der Waals surface area contributed by atoms with Crippen molar-refractivity contribution in [2.24, 2.45) is 0 Å². The van der Waals surface area contributed by atoms with Crippen LogP contribution in [0.5, 0.6) is 0 Å². The monoisotopic (exact) mass is 1020 g/mol. The Morgan fingerprint density at radius 3 is 1.24 bits per heavy atom. The molecular formula is C62H116N2O6P+. The van der Waals surface area contributed by atoms with E-state index in [2.05, 4.69) is 79.9 Å². The maximum atomic E-state index is 13.0. The number of unbranched alkanes of at least 4 members (excludes halogenated alkanes) is 31. The molecule has 3 atom stereocenters. The van der Waals surface area contributed by atoms with E-state index in [1.54, 1.807) is 6.08 Å². The first kappa shape index (κ1) is 68.9. The van der Waals surface area contributed by atoms with Gasteiger partial charge in [0.15, 0.2) is 0 Å². The van der Waals surface area contributed by atoms with Crippen molar-refractivity contribution in [1.29, 1.82) is 0 Å². The topological polar surface area (TPSA) is 105 Å². The molecule has 1 amide bonds. The number of phosphoric acid groups is 1. The Kier molecular flexibility index (Phi) is 51.3. The van der Waals surface area contributed by atoms with Crippen LogP contribution in [0.1, 0.15) is 264 Å². The number of rotatable bonds is 54. The molecule has 0 aromatic rings. The van der Waals surface area contributed by atoms with E-state index in [1.165, 1.54) is 154 Å². The number of amides is 1. The molecule has 0 saturated carbocycles. The zero-order chi connectivity index (χ0) is 52.0. The van der Waals surface area contributed by atoms with Crippen LogP contribution in [0.25, 0.3) is 0 Å². The molecule has 0 saturated heterocycles. The molecule has 9 heteroatoms. The van der Waals surface area contributed by atoms with Gasteiger partial charge in [0.2, 0.25) is 5.91 Å². The highest BCUT2D eigenvalue weighted by atomic mass is 31.2. The van der Waals surface area contributed by atoms with E-state index in [0.29, 0.717) is 17.4 Å². The van der Waals surface area contributed by atoms with Crippen molar-refractivity contribution in [3.8, 4) is 0 Å². The number of quaternary nitrogens is 1. The van der Waals surface area contributed by atoms with Crippen molar-refractivity contribution in [2.45, 2.75) is 276 Å². The van der Waals surface area contributed by atoms with Gasteiger partial charge in [0.25, 0.3) is 0 Å². The van der Waals surface area contributed by atoms with Crippen LogP contribution in [0.15, 0.2) is 72.9 Å². The number of phosphoric ester groups is 1. The highest BCUT2D eigenvalue weighted by Crippen LogP contribution is 2.43. The fraction of sp³-hybridized carbons (Fsp3) is 0.790. The second-order valence-electron chi connectivity index (χ2n) is 21.3. The molecule has 0 radical (unpaired) electrons. The van der Waals surface area contributed by atoms with Crippen LogP contribution in [-0.4, -0.2) is 73.4 Å². The van der Waals surface area contributed by atoms with Gasteiger partial charge in [-0.15, -0.1) is 0 Å². The van der Waals surface area contributed by atoms with E-state index in [1.807, 2.05) is 27.2 Å². The molecule has 0 heterocycles. The lowest BCUT2D eigenvalue weighted by Crippen LogP contribution is -2.45. The van der Waals surface area contributed by atoms with Crippen molar-refractivity contribution in [1.82, 2.24) is 5.32 Å². The fourth-order valence-electron chi connectivity index (χ4n) is 8.54. The van der Waals surface area contributed by atoms with Gasteiger partial charge in [-0.25, -0.2) is 4.57 Å². The van der Waals surface area contributed by atoms with Gasteiger partial charge in [-0.1, -0.05) is 267 Å². The number of allylic oxidation sites excluding steroid dienone is 11. The first-order valence-corrected chi connectivity index (χ1v) is 31.3. The Balaban J connectivity index is 4.22. The van der Waals surface area contributed by atoms with E-state index in [9.17, 15) is 19.4 Å². The summed E-state index contributed by atoms with van der Waals surface area (Å²) in [5, 5.41) is 13.9. The number of carbonyl (C=O) groups excluding carboxylic acids is 1. The van der Waals surface area contributed by atoms with Crippen LogP contribution in [0.4, 0.5) is 0 Å². The predicted octanol–water partition coefficient (Wildman–Crippen LogP) is 18.3. The van der Waals surface area contributed by atoms with Crippen molar-refractivity contribution >= 4 is 13.7 Å². The molecule has 0 rings (SSSR count). The molecular weight excluding hydrogens is 900 g/mol. The molecule has 0 bridgehead atoms. The maximum absolute atomic E-state index is 13.0. The number of hydrogen-bond donors (Lipinski definition) is 3. The van der Waals surface area contributed by atoms with E-state index < -0.39 is 20.0 Å². The molecule has 0 aliphatic heterocycles. The Bertz CT molecular complexity index is 1380. The molecule has 8 nitrogen and oxygen atoms in total. The first-order valence-electron chi connectivity index (χ1n) is 29.8. The molecule has 0 fully saturated rings. The van der Waals surface area contributed by atoms with Crippen LogP contribution in [0, 0.1) is 0 Å². The highest BCUT2D eigenvalue weighted by molar-refractivity contribution is 7.47. The minimum atomic E-state index is -4.36. The average Bonchev–Trinajstić information content (AvgIpc) is 3.33. The van der Waals surface area contributed by atoms with Crippen molar-refractivity contribution in [3.05, 3.63) is 72.9 Å². The molecule has 0 aliphatic rings. The van der Waals surface area contributed by atoms with Gasteiger partial charge in [-0.2, -0.15) is 0 Å². The van der Waals surface area contributed by atoms with Gasteiger partial charge >= 0.3 is 7.82 Å². The van der Waals surface area contributed by atoms with Crippen molar-refractivity contribution in [2.75, 3.05) is 40.9 Å². The summed E-state index contributed by atoms with van der Waals surface area (Å²) >= 11 is 0. The summed E-state index contributed by atoms with van der Waals surface area (Å²) in [5.41, 5.74) is 0. The zero-order valence-electron chi connectivity index (χ0n) is 47.2. The summed E-state index contributed by atoms with van der Waals surface area (Å²) < 4.78 is 23.7. The molecule has 3 N–H and O–H groups in total. The molecule has 0 aromatic carbocycles. The van der Waals surface area contributed by atoms with E-state index in [0.717, 1.165) is 89.9 Å². The van der Waals surface area contributed by atoms with Crippen LogP contribution < -0.4 is 5.32 Å². The standard InChI is InChI=1S/C62H115N2O6P/c1-6-8-10-12-14-16-18-20-22-24-26-28-29-30-31-32-33-34-36-37-39-41-43-45-47-49-51-53-55-61(65)60(59-70-71(67,68)69-58-57-64(3,4)5)63-62(66)56-54-52-50-48-46-44-42-40-38-35-27-25-23-21-19-17-15-13-11-9-7-2/h9,11,15,17,21,23,27,35,40,42,53,55,60-61,65H,6-8,10,12-14,16,18-20,22,24-26,28-34,36-39,41,43-52,54,56-59H2,1-5H3,(H-,63,66,67,68)/p+1/b11-9-,17-15-,23-21-,35-27-,42-40-,55-53+. The number of nitrogens with zero attached hydrogens (tertiary/aromatic N) is 1. The van der Waals surface area contributed by atoms with Crippen molar-refractivity contribution in [3.63, 3.8) is 0 Å². The van der Waals surface area contributed by atoms with E-state index in [4.69, 9.17) is 9.05 Å². The number of nitrogens with one attached hydrogen (secondary N) is 1. The summed E-state index contributed by atoms with van der Waals surface area (Å²) in [6, 6.07) is -0.862. The number of likely N-dealkylation sites (N-methyl/N-ethyl adjacent to an activating group) is 1. The van der Waals surface area contributed by atoms with E-state index in [-0.39, 0.29) is 19.1 Å². The smallest absolute Gasteiger partial charge is 0.387 e. The summed E-state index contributed by atoms with van der Waals surface area (Å²) in [6.45, 7) is 4.71. The number of hydrogen-bond acceptors (Lipinski definition) is 5. The number of aliphatic hydroxyl groups is 1. The lowest BCUT2D eigenvalue weighted by Gasteiger charge is -2.25. The minimum absolute atomic E-state index is 0.0543. The Morgan fingerprint density at radius 1 is 0.493 bits per heavy atom. The third-order valence-electron chi connectivity index (χ3n) is 13.2. The highest BCUT2D eigenvalue weighted by Gasteiger charge is 2.27. The number of carbonyl (C=O) groups is 1. The lowest BCUT2D eigenvalue weighted by atomic mass is 10.0. The molecule has 3 unspecified atom stereocenters. The Labute approximate surface area is 440 Å². The van der Waals surface area contributed by atoms with Crippen LogP contribution in [0.2, 0.25) is 0 Å². The number of aliphatic hydroxyl groups excluding tert-OH is 1. The SMILES string of the molecule is CC/C=C\C/C=C\C/C=C\C/C=C\C/C=C\CCCCCCCC(=O)NC(COP(=O)(O)OCC[N+](C)(C)C)C(O)/C=C/CCCCCCCCCCCCCCCCCCCCCCCCCCCC. The zero-order valence-corrected chi connectivity index (χ0v) is 48.1. The third kappa shape index (κ3) is 55.5. The van der Waals surface area contributed by atoms with Gasteiger partial charge in [-0.05, 0) is 64.2 Å². The van der Waals surface area contributed by atoms with Gasteiger partial charge in [0, 0.05) is 6.42 Å². The van der Waals surface area contributed by atoms with E-state index >= 15 is 0 Å². The largest absolute Gasteiger partial charge is 0.472 e. The molecule has 0 aromatic heterocycles. The van der Waals surface area contributed by atoms with Crippen LogP contribution >= 0.6 is 7.82 Å². The molecule has 0 spiro atoms. The van der Waals surface area contributed by atoms with Crippen LogP contribution in [-0.2, 0) is 18.4 Å². The second kappa shape index (κ2) is 52.8. The van der Waals surface area contributed by atoms with Gasteiger partial charge < -0.3 is 19.8 Å². The quantitative estimate of drug-likeness (QED) is 0.0243. The fourth-order valence-corrected chi connectivity index (χ4v) is 9.28. The van der Waals surface area contributed by atoms with Gasteiger partial charge in [0.1, 0.15) is 13.2 Å². The minimum Gasteiger partial charge on any atom is -0.387 e. The van der Waals surface area contributed by atoms with Crippen LogP contribution in [0.3, 0.4) is 0 Å². The predicted molar refractivity (Wildman–Crippen MR) is 309 cm³/mol. The van der Waals surface area contributed by atoms with Gasteiger partial charge in [-0.3, -0.25) is 13.8 Å². The molecule has 71 heavy (non-hydrogen) atoms. The second-order valence-corrected chi connectivity index (χ2v) is 22.8. The summed E-state index contributed by atoms with van der Waals surface area (Å²) in [5.74, 6) is -0.195. The Morgan fingerprint density at radius 2 is 0.845 bits per heavy atom. The van der Waals surface area contributed by atoms with Crippen molar-refractivity contribution < 1.29 is 32.9 Å². The average molecular weight is 1020 g/mol. The normalized spacial score (nSPS) is 14.4. The van der Waals surface area contributed by atoms with Gasteiger partial charge in [0.05, 0.1) is 39.9 Å².